The van der Waals surface area contributed by atoms with Crippen LogP contribution >= 0.6 is 11.6 Å². The number of ether oxygens (including phenoxy) is 1. The first-order valence-electron chi connectivity index (χ1n) is 4.87. The molecule has 0 unspecified atom stereocenters. The average molecular weight is 235 g/mol. The maximum atomic E-state index is 5.94. The lowest BCUT2D eigenvalue weighted by Crippen LogP contribution is -1.96. The molecule has 0 bridgehead atoms. The normalized spacial score (nSPS) is 10.1. The zero-order valence-corrected chi connectivity index (χ0v) is 9.32. The number of pyridine rings is 1. The second-order valence-electron chi connectivity index (χ2n) is 3.24. The highest BCUT2D eigenvalue weighted by Gasteiger charge is 2.03. The molecule has 4 heteroatoms. The Hall–Kier alpha value is -1.58. The van der Waals surface area contributed by atoms with E-state index in [4.69, 9.17) is 22.1 Å². The van der Waals surface area contributed by atoms with Crippen LogP contribution < -0.4 is 10.5 Å². The lowest BCUT2D eigenvalue weighted by atomic mass is 10.2. The predicted octanol–water partition coefficient (Wildman–Crippen LogP) is 2.99. The molecule has 82 valence electrons. The molecular formula is C12H11ClN2O. The van der Waals surface area contributed by atoms with Gasteiger partial charge in [-0.05, 0) is 29.8 Å². The molecule has 0 spiro atoms. The van der Waals surface area contributed by atoms with Crippen molar-refractivity contribution < 1.29 is 4.74 Å². The van der Waals surface area contributed by atoms with Crippen LogP contribution in [0.2, 0.25) is 5.02 Å². The van der Waals surface area contributed by atoms with Crippen LogP contribution in [0.3, 0.4) is 0 Å². The highest BCUT2D eigenvalue weighted by Crippen LogP contribution is 2.26. The molecule has 3 nitrogen and oxygen atoms in total. The van der Waals surface area contributed by atoms with Crippen LogP contribution in [0, 0.1) is 0 Å². The molecule has 0 atom stereocenters. The topological polar surface area (TPSA) is 48.1 Å². The first-order chi connectivity index (χ1) is 7.79. The summed E-state index contributed by atoms with van der Waals surface area (Å²) >= 11 is 5.94. The maximum absolute atomic E-state index is 5.94. The fraction of sp³-hybridized carbons (Fsp3) is 0.0833. The molecule has 0 saturated heterocycles. The van der Waals surface area contributed by atoms with E-state index in [1.807, 2.05) is 24.3 Å². The van der Waals surface area contributed by atoms with Crippen LogP contribution in [0.5, 0.6) is 11.6 Å². The quantitative estimate of drug-likeness (QED) is 0.888. The third kappa shape index (κ3) is 2.51. The van der Waals surface area contributed by atoms with E-state index in [2.05, 4.69) is 4.98 Å². The Bertz CT molecular complexity index is 488. The van der Waals surface area contributed by atoms with E-state index in [1.54, 1.807) is 18.3 Å². The Morgan fingerprint density at radius 2 is 2.12 bits per heavy atom. The summed E-state index contributed by atoms with van der Waals surface area (Å²) in [6, 6.07) is 11.0. The van der Waals surface area contributed by atoms with E-state index in [-0.39, 0.29) is 0 Å². The Labute approximate surface area is 98.8 Å². The largest absolute Gasteiger partial charge is 0.438 e. The summed E-state index contributed by atoms with van der Waals surface area (Å²) in [7, 11) is 0. The number of hydrogen-bond donors (Lipinski definition) is 1. The highest BCUT2D eigenvalue weighted by atomic mass is 35.5. The van der Waals surface area contributed by atoms with Gasteiger partial charge >= 0.3 is 0 Å². The SMILES string of the molecule is NCc1cccc(Oc2ncccc2Cl)c1. The predicted molar refractivity (Wildman–Crippen MR) is 63.7 cm³/mol. The van der Waals surface area contributed by atoms with E-state index in [0.29, 0.717) is 23.2 Å². The van der Waals surface area contributed by atoms with Crippen molar-refractivity contribution in [2.75, 3.05) is 0 Å². The minimum Gasteiger partial charge on any atom is -0.438 e. The van der Waals surface area contributed by atoms with Gasteiger partial charge in [0, 0.05) is 12.7 Å². The van der Waals surface area contributed by atoms with Gasteiger partial charge in [-0.3, -0.25) is 0 Å². The molecular weight excluding hydrogens is 224 g/mol. The zero-order chi connectivity index (χ0) is 11.4. The summed E-state index contributed by atoms with van der Waals surface area (Å²) in [5.41, 5.74) is 6.55. The Morgan fingerprint density at radius 3 is 2.88 bits per heavy atom. The first-order valence-corrected chi connectivity index (χ1v) is 5.25. The summed E-state index contributed by atoms with van der Waals surface area (Å²) in [5.74, 6) is 1.09. The molecule has 16 heavy (non-hydrogen) atoms. The minimum absolute atomic E-state index is 0.401. The van der Waals surface area contributed by atoms with Crippen LogP contribution in [0.4, 0.5) is 0 Å². The molecule has 0 saturated carbocycles. The first kappa shape index (κ1) is 10.9. The zero-order valence-electron chi connectivity index (χ0n) is 8.56. The number of benzene rings is 1. The molecule has 1 aromatic heterocycles. The smallest absolute Gasteiger partial charge is 0.238 e. The van der Waals surface area contributed by atoms with Crippen LogP contribution in [-0.4, -0.2) is 4.98 Å². The van der Waals surface area contributed by atoms with E-state index in [0.717, 1.165) is 5.56 Å². The molecule has 2 rings (SSSR count). The molecule has 0 aliphatic rings. The summed E-state index contributed by atoms with van der Waals surface area (Å²) in [4.78, 5) is 4.04. The summed E-state index contributed by atoms with van der Waals surface area (Å²) in [6.45, 7) is 0.479. The van der Waals surface area contributed by atoms with Gasteiger partial charge in [-0.25, -0.2) is 4.98 Å². The van der Waals surface area contributed by atoms with Gasteiger partial charge < -0.3 is 10.5 Å². The van der Waals surface area contributed by atoms with Crippen molar-refractivity contribution in [2.24, 2.45) is 5.73 Å². The number of nitrogens with zero attached hydrogens (tertiary/aromatic N) is 1. The number of aromatic nitrogens is 1. The second-order valence-corrected chi connectivity index (χ2v) is 3.65. The summed E-state index contributed by atoms with van der Waals surface area (Å²) in [6.07, 6.45) is 1.63. The summed E-state index contributed by atoms with van der Waals surface area (Å²) < 4.78 is 5.55. The van der Waals surface area contributed by atoms with Crippen LogP contribution in [0.15, 0.2) is 42.6 Å². The second kappa shape index (κ2) is 4.96. The number of halogens is 1. The van der Waals surface area contributed by atoms with Crippen LogP contribution in [-0.2, 0) is 6.54 Å². The molecule has 1 aromatic carbocycles. The monoisotopic (exact) mass is 234 g/mol. The van der Waals surface area contributed by atoms with Gasteiger partial charge in [-0.15, -0.1) is 0 Å². The molecule has 2 aromatic rings. The van der Waals surface area contributed by atoms with Gasteiger partial charge in [0.2, 0.25) is 5.88 Å². The van der Waals surface area contributed by atoms with E-state index >= 15 is 0 Å². The van der Waals surface area contributed by atoms with Crippen LogP contribution in [0.25, 0.3) is 0 Å². The number of rotatable bonds is 3. The van der Waals surface area contributed by atoms with Gasteiger partial charge in [-0.1, -0.05) is 23.7 Å². The third-order valence-electron chi connectivity index (χ3n) is 2.07. The lowest BCUT2D eigenvalue weighted by Gasteiger charge is -2.06. The van der Waals surface area contributed by atoms with Gasteiger partial charge in [-0.2, -0.15) is 0 Å². The average Bonchev–Trinajstić information content (AvgIpc) is 2.32. The maximum Gasteiger partial charge on any atom is 0.238 e. The molecule has 2 N–H and O–H groups in total. The summed E-state index contributed by atoms with van der Waals surface area (Å²) in [5, 5.41) is 0.487. The molecule has 0 aliphatic heterocycles. The van der Waals surface area contributed by atoms with Crippen molar-refractivity contribution in [3.05, 3.63) is 53.2 Å². The number of hydrogen-bond acceptors (Lipinski definition) is 3. The van der Waals surface area contributed by atoms with Crippen molar-refractivity contribution in [1.29, 1.82) is 0 Å². The van der Waals surface area contributed by atoms with Crippen molar-refractivity contribution >= 4 is 11.6 Å². The van der Waals surface area contributed by atoms with E-state index in [1.165, 1.54) is 0 Å². The number of nitrogens with two attached hydrogens (primary N) is 1. The Morgan fingerprint density at radius 1 is 1.25 bits per heavy atom. The molecule has 1 heterocycles. The van der Waals surface area contributed by atoms with Gasteiger partial charge in [0.25, 0.3) is 0 Å². The van der Waals surface area contributed by atoms with Crippen LogP contribution in [0.1, 0.15) is 5.56 Å². The fourth-order valence-electron chi connectivity index (χ4n) is 1.29. The minimum atomic E-state index is 0.401. The van der Waals surface area contributed by atoms with E-state index in [9.17, 15) is 0 Å². The molecule has 0 fully saturated rings. The van der Waals surface area contributed by atoms with Crippen molar-refractivity contribution in [1.82, 2.24) is 4.98 Å². The van der Waals surface area contributed by atoms with Crippen molar-refractivity contribution in [3.63, 3.8) is 0 Å². The van der Waals surface area contributed by atoms with Crippen molar-refractivity contribution in [3.8, 4) is 11.6 Å². The molecule has 0 radical (unpaired) electrons. The van der Waals surface area contributed by atoms with Crippen molar-refractivity contribution in [2.45, 2.75) is 6.54 Å². The molecule has 0 amide bonds. The fourth-order valence-corrected chi connectivity index (χ4v) is 1.45. The standard InChI is InChI=1S/C12H11ClN2O/c13-11-5-2-6-15-12(11)16-10-4-1-3-9(7-10)8-14/h1-7H,8,14H2. The lowest BCUT2D eigenvalue weighted by molar-refractivity contribution is 0.462. The van der Waals surface area contributed by atoms with E-state index < -0.39 is 0 Å². The Balaban J connectivity index is 2.24. The third-order valence-corrected chi connectivity index (χ3v) is 2.36. The Kier molecular flexibility index (Phi) is 3.39. The van der Waals surface area contributed by atoms with Gasteiger partial charge in [0.15, 0.2) is 0 Å². The highest BCUT2D eigenvalue weighted by molar-refractivity contribution is 6.31. The van der Waals surface area contributed by atoms with Gasteiger partial charge in [0.05, 0.1) is 0 Å². The molecule has 0 aliphatic carbocycles. The van der Waals surface area contributed by atoms with Gasteiger partial charge in [0.1, 0.15) is 10.8 Å².